The van der Waals surface area contributed by atoms with Gasteiger partial charge in [0.15, 0.2) is 0 Å². The molecular formula is C24H29NO4. The summed E-state index contributed by atoms with van der Waals surface area (Å²) in [4.78, 5) is 27.0. The van der Waals surface area contributed by atoms with Gasteiger partial charge < -0.3 is 14.4 Å². The molecule has 0 saturated carbocycles. The van der Waals surface area contributed by atoms with Crippen molar-refractivity contribution in [1.82, 2.24) is 4.90 Å². The van der Waals surface area contributed by atoms with Crippen LogP contribution < -0.4 is 4.74 Å². The van der Waals surface area contributed by atoms with E-state index in [-0.39, 0.29) is 17.8 Å². The van der Waals surface area contributed by atoms with Crippen molar-refractivity contribution in [1.29, 1.82) is 0 Å². The number of amides is 1. The summed E-state index contributed by atoms with van der Waals surface area (Å²) in [5.41, 5.74) is 3.29. The van der Waals surface area contributed by atoms with E-state index in [0.717, 1.165) is 28.0 Å². The van der Waals surface area contributed by atoms with Crippen molar-refractivity contribution < 1.29 is 19.1 Å². The molecule has 0 spiro atoms. The number of carbonyl (C=O) groups is 2. The zero-order chi connectivity index (χ0) is 21.2. The molecule has 0 saturated heterocycles. The third-order valence-electron chi connectivity index (χ3n) is 4.94. The van der Waals surface area contributed by atoms with Crippen LogP contribution in [0.1, 0.15) is 54.7 Å². The molecule has 0 bridgehead atoms. The Labute approximate surface area is 172 Å². The van der Waals surface area contributed by atoms with Gasteiger partial charge in [0.05, 0.1) is 13.0 Å². The van der Waals surface area contributed by atoms with Crippen LogP contribution in [0.15, 0.2) is 42.5 Å². The minimum absolute atomic E-state index is 0.0302. The fraction of sp³-hybridized carbons (Fsp3) is 0.417. The first-order valence-electron chi connectivity index (χ1n) is 9.93. The number of rotatable bonds is 6. The Morgan fingerprint density at radius 1 is 1.10 bits per heavy atom. The van der Waals surface area contributed by atoms with E-state index in [1.807, 2.05) is 75.1 Å². The molecule has 0 aromatic heterocycles. The average Bonchev–Trinajstić information content (AvgIpc) is 2.96. The molecule has 2 aromatic carbocycles. The minimum atomic E-state index is -0.499. The Kier molecular flexibility index (Phi) is 5.96. The van der Waals surface area contributed by atoms with E-state index in [1.54, 1.807) is 7.11 Å². The predicted octanol–water partition coefficient (Wildman–Crippen LogP) is 4.37. The van der Waals surface area contributed by atoms with Crippen LogP contribution in [0, 0.1) is 5.92 Å². The maximum absolute atomic E-state index is 12.9. The van der Waals surface area contributed by atoms with Gasteiger partial charge in [0.25, 0.3) is 5.91 Å². The number of hydrogen-bond donors (Lipinski definition) is 0. The maximum Gasteiger partial charge on any atom is 0.309 e. The lowest BCUT2D eigenvalue weighted by molar-refractivity contribution is -0.159. The second-order valence-corrected chi connectivity index (χ2v) is 8.64. The van der Waals surface area contributed by atoms with E-state index in [4.69, 9.17) is 9.47 Å². The first-order chi connectivity index (χ1) is 13.7. The SMILES string of the molecule is COc1ccc(CN2Cc3ccc(CC(C)C(=O)OC(C)(C)C)cc3C2=O)cc1. The van der Waals surface area contributed by atoms with Crippen molar-refractivity contribution in [2.75, 3.05) is 7.11 Å². The number of methoxy groups -OCH3 is 1. The van der Waals surface area contributed by atoms with Crippen LogP contribution in [-0.4, -0.2) is 29.5 Å². The van der Waals surface area contributed by atoms with E-state index < -0.39 is 5.60 Å². The molecule has 5 heteroatoms. The normalized spacial score (nSPS) is 14.5. The molecule has 5 nitrogen and oxygen atoms in total. The van der Waals surface area contributed by atoms with Crippen molar-refractivity contribution in [3.8, 4) is 5.75 Å². The van der Waals surface area contributed by atoms with Crippen LogP contribution in [0.25, 0.3) is 0 Å². The van der Waals surface area contributed by atoms with Gasteiger partial charge in [0.2, 0.25) is 0 Å². The summed E-state index contributed by atoms with van der Waals surface area (Å²) in [5.74, 6) is 0.348. The quantitative estimate of drug-likeness (QED) is 0.682. The summed E-state index contributed by atoms with van der Waals surface area (Å²) in [6.07, 6.45) is 0.550. The van der Waals surface area contributed by atoms with Crippen molar-refractivity contribution >= 4 is 11.9 Å². The Morgan fingerprint density at radius 3 is 2.38 bits per heavy atom. The summed E-state index contributed by atoms with van der Waals surface area (Å²) < 4.78 is 10.6. The van der Waals surface area contributed by atoms with E-state index in [0.29, 0.717) is 19.5 Å². The maximum atomic E-state index is 12.9. The van der Waals surface area contributed by atoms with Gasteiger partial charge in [-0.3, -0.25) is 9.59 Å². The zero-order valence-electron chi connectivity index (χ0n) is 17.8. The molecule has 154 valence electrons. The third kappa shape index (κ3) is 5.17. The van der Waals surface area contributed by atoms with E-state index in [9.17, 15) is 9.59 Å². The highest BCUT2D eigenvalue weighted by Crippen LogP contribution is 2.27. The lowest BCUT2D eigenvalue weighted by Gasteiger charge is -2.22. The molecule has 1 aliphatic rings. The standard InChI is InChI=1S/C24H29NO4/c1-16(23(27)29-24(2,3)4)12-18-6-9-19-15-25(22(26)21(19)13-18)14-17-7-10-20(28-5)11-8-17/h6-11,13,16H,12,14-15H2,1-5H3. The average molecular weight is 395 g/mol. The molecule has 1 atom stereocenters. The fourth-order valence-electron chi connectivity index (χ4n) is 3.45. The van der Waals surface area contributed by atoms with Crippen LogP contribution in [0.3, 0.4) is 0 Å². The topological polar surface area (TPSA) is 55.8 Å². The van der Waals surface area contributed by atoms with Gasteiger partial charge in [-0.05, 0) is 62.1 Å². The summed E-state index contributed by atoms with van der Waals surface area (Å²) in [7, 11) is 1.64. The van der Waals surface area contributed by atoms with Crippen molar-refractivity contribution in [3.63, 3.8) is 0 Å². The Hall–Kier alpha value is -2.82. The van der Waals surface area contributed by atoms with E-state index in [1.165, 1.54) is 0 Å². The molecule has 3 rings (SSSR count). The molecule has 0 aliphatic carbocycles. The first kappa shape index (κ1) is 20.9. The van der Waals surface area contributed by atoms with Crippen LogP contribution >= 0.6 is 0 Å². The summed E-state index contributed by atoms with van der Waals surface area (Å²) in [6, 6.07) is 13.7. The Balaban J connectivity index is 1.67. The lowest BCUT2D eigenvalue weighted by Crippen LogP contribution is -2.28. The second-order valence-electron chi connectivity index (χ2n) is 8.64. The molecule has 0 N–H and O–H groups in total. The van der Waals surface area contributed by atoms with Gasteiger partial charge in [-0.2, -0.15) is 0 Å². The third-order valence-corrected chi connectivity index (χ3v) is 4.94. The molecule has 2 aromatic rings. The minimum Gasteiger partial charge on any atom is -0.497 e. The Bertz CT molecular complexity index is 896. The van der Waals surface area contributed by atoms with Crippen LogP contribution in [0.5, 0.6) is 5.75 Å². The molecule has 29 heavy (non-hydrogen) atoms. The highest BCUT2D eigenvalue weighted by Gasteiger charge is 2.28. The monoisotopic (exact) mass is 395 g/mol. The number of hydrogen-bond acceptors (Lipinski definition) is 4. The zero-order valence-corrected chi connectivity index (χ0v) is 17.8. The molecule has 1 unspecified atom stereocenters. The second kappa shape index (κ2) is 8.27. The highest BCUT2D eigenvalue weighted by molar-refractivity contribution is 5.98. The van der Waals surface area contributed by atoms with Gasteiger partial charge in [-0.15, -0.1) is 0 Å². The first-order valence-corrected chi connectivity index (χ1v) is 9.93. The molecule has 1 aliphatic heterocycles. The number of benzene rings is 2. The molecule has 0 radical (unpaired) electrons. The lowest BCUT2D eigenvalue weighted by atomic mass is 9.97. The number of esters is 1. The molecular weight excluding hydrogens is 366 g/mol. The highest BCUT2D eigenvalue weighted by atomic mass is 16.6. The van der Waals surface area contributed by atoms with Crippen LogP contribution in [-0.2, 0) is 29.0 Å². The molecule has 1 heterocycles. The van der Waals surface area contributed by atoms with Crippen molar-refractivity contribution in [2.24, 2.45) is 5.92 Å². The van der Waals surface area contributed by atoms with E-state index >= 15 is 0 Å². The van der Waals surface area contributed by atoms with Crippen molar-refractivity contribution in [3.05, 3.63) is 64.7 Å². The molecule has 0 fully saturated rings. The number of ether oxygens (including phenoxy) is 2. The van der Waals surface area contributed by atoms with Crippen LogP contribution in [0.2, 0.25) is 0 Å². The number of carbonyl (C=O) groups excluding carboxylic acids is 2. The summed E-state index contributed by atoms with van der Waals surface area (Å²) in [5, 5.41) is 0. The van der Waals surface area contributed by atoms with Gasteiger partial charge >= 0.3 is 5.97 Å². The predicted molar refractivity (Wildman–Crippen MR) is 112 cm³/mol. The van der Waals surface area contributed by atoms with Crippen LogP contribution in [0.4, 0.5) is 0 Å². The van der Waals surface area contributed by atoms with E-state index in [2.05, 4.69) is 0 Å². The largest absolute Gasteiger partial charge is 0.497 e. The van der Waals surface area contributed by atoms with Gasteiger partial charge in [0, 0.05) is 18.7 Å². The number of fused-ring (bicyclic) bond motifs is 1. The molecule has 1 amide bonds. The summed E-state index contributed by atoms with van der Waals surface area (Å²) >= 11 is 0. The summed E-state index contributed by atoms with van der Waals surface area (Å²) in [6.45, 7) is 8.61. The van der Waals surface area contributed by atoms with Gasteiger partial charge in [-0.1, -0.05) is 31.2 Å². The smallest absolute Gasteiger partial charge is 0.309 e. The van der Waals surface area contributed by atoms with Gasteiger partial charge in [-0.25, -0.2) is 0 Å². The van der Waals surface area contributed by atoms with Crippen molar-refractivity contribution in [2.45, 2.75) is 52.8 Å². The number of nitrogens with zero attached hydrogens (tertiary/aromatic N) is 1. The Morgan fingerprint density at radius 2 is 1.76 bits per heavy atom. The van der Waals surface area contributed by atoms with Gasteiger partial charge in [0.1, 0.15) is 11.4 Å². The fourth-order valence-corrected chi connectivity index (χ4v) is 3.45.